The van der Waals surface area contributed by atoms with Crippen molar-refractivity contribution in [1.29, 1.82) is 0 Å². The molecular weight excluding hydrogens is 494 g/mol. The van der Waals surface area contributed by atoms with Gasteiger partial charge in [-0.25, -0.2) is 13.4 Å². The second-order valence-corrected chi connectivity index (χ2v) is 10.5. The number of rotatable bonds is 7. The van der Waals surface area contributed by atoms with E-state index in [1.807, 2.05) is 29.6 Å². The molecule has 7 nitrogen and oxygen atoms in total. The Balaban J connectivity index is 1.25. The van der Waals surface area contributed by atoms with Gasteiger partial charge >= 0.3 is 0 Å². The second-order valence-electron chi connectivity index (χ2n) is 7.91. The van der Waals surface area contributed by atoms with Crippen molar-refractivity contribution in [3.63, 3.8) is 0 Å². The number of methoxy groups -OCH3 is 1. The zero-order chi connectivity index (χ0) is 25.1. The van der Waals surface area contributed by atoms with Crippen molar-refractivity contribution in [2.24, 2.45) is 0 Å². The summed E-state index contributed by atoms with van der Waals surface area (Å²) >= 11 is 1.34. The van der Waals surface area contributed by atoms with Crippen LogP contribution >= 0.6 is 11.3 Å². The molecule has 0 fully saturated rings. The van der Waals surface area contributed by atoms with Gasteiger partial charge in [0.2, 0.25) is 0 Å². The molecule has 9 heteroatoms. The number of benzene rings is 4. The Morgan fingerprint density at radius 2 is 1.61 bits per heavy atom. The van der Waals surface area contributed by atoms with Crippen molar-refractivity contribution in [2.75, 3.05) is 17.1 Å². The van der Waals surface area contributed by atoms with Gasteiger partial charge in [-0.2, -0.15) is 0 Å². The first-order valence-electron chi connectivity index (χ1n) is 10.9. The molecule has 180 valence electrons. The Labute approximate surface area is 212 Å². The first-order valence-corrected chi connectivity index (χ1v) is 13.3. The van der Waals surface area contributed by atoms with E-state index in [0.29, 0.717) is 22.1 Å². The van der Waals surface area contributed by atoms with Crippen molar-refractivity contribution in [3.8, 4) is 17.0 Å². The average Bonchev–Trinajstić information content (AvgIpc) is 3.37. The van der Waals surface area contributed by atoms with Crippen LogP contribution in [0.1, 0.15) is 10.4 Å². The molecule has 0 saturated carbocycles. The number of hydrogen-bond acceptors (Lipinski definition) is 6. The maximum atomic E-state index is 12.7. The number of ether oxygens (including phenoxy) is 1. The van der Waals surface area contributed by atoms with Crippen molar-refractivity contribution in [3.05, 3.63) is 102 Å². The van der Waals surface area contributed by atoms with Crippen LogP contribution < -0.4 is 14.8 Å². The lowest BCUT2D eigenvalue weighted by Gasteiger charge is -2.09. The van der Waals surface area contributed by atoms with E-state index in [2.05, 4.69) is 33.2 Å². The smallest absolute Gasteiger partial charge is 0.261 e. The summed E-state index contributed by atoms with van der Waals surface area (Å²) in [6, 6.07) is 26.5. The summed E-state index contributed by atoms with van der Waals surface area (Å²) < 4.78 is 32.8. The van der Waals surface area contributed by atoms with Gasteiger partial charge in [0.1, 0.15) is 5.75 Å². The van der Waals surface area contributed by atoms with E-state index in [1.165, 1.54) is 30.6 Å². The minimum atomic E-state index is -3.77. The Kier molecular flexibility index (Phi) is 6.41. The molecule has 5 rings (SSSR count). The SMILES string of the molecule is COc1ccc(S(=O)(=O)Nc2ccc(C(=O)Nc3nc(-c4ccc5ccccc5c4)cs3)cc2)cc1. The molecule has 1 amide bonds. The Morgan fingerprint density at radius 1 is 0.889 bits per heavy atom. The van der Waals surface area contributed by atoms with Crippen LogP contribution in [0.4, 0.5) is 10.8 Å². The monoisotopic (exact) mass is 515 g/mol. The Hall–Kier alpha value is -4.21. The van der Waals surface area contributed by atoms with Crippen molar-refractivity contribution < 1.29 is 17.9 Å². The summed E-state index contributed by atoms with van der Waals surface area (Å²) in [4.78, 5) is 17.4. The van der Waals surface area contributed by atoms with E-state index in [-0.39, 0.29) is 10.8 Å². The molecular formula is C27H21N3O4S2. The fourth-order valence-electron chi connectivity index (χ4n) is 3.64. The van der Waals surface area contributed by atoms with Gasteiger partial charge in [-0.3, -0.25) is 14.8 Å². The predicted octanol–water partition coefficient (Wildman–Crippen LogP) is 6.03. The van der Waals surface area contributed by atoms with Crippen LogP contribution in [-0.2, 0) is 10.0 Å². The molecule has 5 aromatic rings. The van der Waals surface area contributed by atoms with Crippen molar-refractivity contribution >= 4 is 48.9 Å². The minimum Gasteiger partial charge on any atom is -0.497 e. The normalized spacial score (nSPS) is 11.2. The molecule has 0 atom stereocenters. The molecule has 0 aliphatic rings. The lowest BCUT2D eigenvalue weighted by molar-refractivity contribution is 0.102. The molecule has 0 aliphatic heterocycles. The fourth-order valence-corrected chi connectivity index (χ4v) is 5.41. The maximum Gasteiger partial charge on any atom is 0.261 e. The molecule has 0 spiro atoms. The molecule has 1 heterocycles. The molecule has 0 unspecified atom stereocenters. The van der Waals surface area contributed by atoms with Gasteiger partial charge in [-0.1, -0.05) is 36.4 Å². The number of nitrogens with zero attached hydrogens (tertiary/aromatic N) is 1. The first-order chi connectivity index (χ1) is 17.4. The summed E-state index contributed by atoms with van der Waals surface area (Å²) in [5.41, 5.74) is 2.48. The topological polar surface area (TPSA) is 97.4 Å². The van der Waals surface area contributed by atoms with Crippen LogP contribution in [0.5, 0.6) is 5.75 Å². The molecule has 0 radical (unpaired) electrons. The van der Waals surface area contributed by atoms with E-state index in [9.17, 15) is 13.2 Å². The largest absolute Gasteiger partial charge is 0.497 e. The molecule has 0 bridgehead atoms. The molecule has 0 saturated heterocycles. The van der Waals surface area contributed by atoms with Crippen LogP contribution in [0.3, 0.4) is 0 Å². The van der Waals surface area contributed by atoms with Gasteiger partial charge in [0.25, 0.3) is 15.9 Å². The van der Waals surface area contributed by atoms with Gasteiger partial charge in [0.05, 0.1) is 17.7 Å². The van der Waals surface area contributed by atoms with Gasteiger partial charge in [-0.15, -0.1) is 11.3 Å². The molecule has 2 N–H and O–H groups in total. The number of carbonyl (C=O) groups is 1. The highest BCUT2D eigenvalue weighted by Crippen LogP contribution is 2.28. The summed E-state index contributed by atoms with van der Waals surface area (Å²) in [5.74, 6) is 0.230. The second kappa shape index (κ2) is 9.80. The summed E-state index contributed by atoms with van der Waals surface area (Å²) in [6.45, 7) is 0. The number of anilines is 2. The number of sulfonamides is 1. The maximum absolute atomic E-state index is 12.7. The third-order valence-corrected chi connectivity index (χ3v) is 7.69. The molecule has 36 heavy (non-hydrogen) atoms. The first kappa shape index (κ1) is 23.5. The number of hydrogen-bond donors (Lipinski definition) is 2. The van der Waals surface area contributed by atoms with Crippen LogP contribution in [0.2, 0.25) is 0 Å². The van der Waals surface area contributed by atoms with Gasteiger partial charge in [0, 0.05) is 22.2 Å². The zero-order valence-electron chi connectivity index (χ0n) is 19.1. The number of amides is 1. The van der Waals surface area contributed by atoms with Crippen molar-refractivity contribution in [1.82, 2.24) is 4.98 Å². The predicted molar refractivity (Wildman–Crippen MR) is 143 cm³/mol. The lowest BCUT2D eigenvalue weighted by atomic mass is 10.1. The lowest BCUT2D eigenvalue weighted by Crippen LogP contribution is -2.14. The number of fused-ring (bicyclic) bond motifs is 1. The minimum absolute atomic E-state index is 0.108. The highest BCUT2D eigenvalue weighted by Gasteiger charge is 2.15. The molecule has 4 aromatic carbocycles. The summed E-state index contributed by atoms with van der Waals surface area (Å²) in [7, 11) is -2.26. The van der Waals surface area contributed by atoms with Gasteiger partial charge in [0.15, 0.2) is 5.13 Å². The molecule has 0 aliphatic carbocycles. The molecule has 1 aromatic heterocycles. The van der Waals surface area contributed by atoms with Crippen LogP contribution in [-0.4, -0.2) is 26.4 Å². The van der Waals surface area contributed by atoms with E-state index in [4.69, 9.17) is 4.74 Å². The van der Waals surface area contributed by atoms with E-state index in [0.717, 1.165) is 22.0 Å². The standard InChI is InChI=1S/C27H21N3O4S2/c1-34-23-12-14-24(15-13-23)36(32,33)30-22-10-8-19(9-11-22)26(31)29-27-28-25(17-35-27)21-7-6-18-4-2-3-5-20(18)16-21/h2-17,30H,1H3,(H,28,29,31). The van der Waals surface area contributed by atoms with Crippen LogP contribution in [0, 0.1) is 0 Å². The third kappa shape index (κ3) is 5.07. The zero-order valence-corrected chi connectivity index (χ0v) is 20.8. The highest BCUT2D eigenvalue weighted by atomic mass is 32.2. The third-order valence-electron chi connectivity index (χ3n) is 5.54. The van der Waals surface area contributed by atoms with Crippen LogP contribution in [0.15, 0.2) is 101 Å². The number of carbonyl (C=O) groups excluding carboxylic acids is 1. The summed E-state index contributed by atoms with van der Waals surface area (Å²) in [6.07, 6.45) is 0. The van der Waals surface area contributed by atoms with E-state index in [1.54, 1.807) is 36.4 Å². The Bertz CT molecular complexity index is 1650. The number of nitrogens with one attached hydrogen (secondary N) is 2. The van der Waals surface area contributed by atoms with E-state index < -0.39 is 10.0 Å². The fraction of sp³-hybridized carbons (Fsp3) is 0.0370. The average molecular weight is 516 g/mol. The highest BCUT2D eigenvalue weighted by molar-refractivity contribution is 7.92. The van der Waals surface area contributed by atoms with Gasteiger partial charge in [-0.05, 0) is 65.4 Å². The van der Waals surface area contributed by atoms with E-state index >= 15 is 0 Å². The summed E-state index contributed by atoms with van der Waals surface area (Å²) in [5, 5.41) is 7.46. The Morgan fingerprint density at radius 3 is 2.33 bits per heavy atom. The quantitative estimate of drug-likeness (QED) is 0.276. The van der Waals surface area contributed by atoms with Gasteiger partial charge < -0.3 is 4.74 Å². The van der Waals surface area contributed by atoms with Crippen molar-refractivity contribution in [2.45, 2.75) is 4.90 Å². The van der Waals surface area contributed by atoms with Crippen LogP contribution in [0.25, 0.3) is 22.0 Å². The number of aromatic nitrogens is 1. The number of thiazole rings is 1.